The normalized spacial score (nSPS) is 14.2. The van der Waals surface area contributed by atoms with Crippen molar-refractivity contribution in [2.45, 2.75) is 264 Å². The van der Waals surface area contributed by atoms with Crippen LogP contribution in [0, 0.1) is 0 Å². The number of hydrogen-bond acceptors (Lipinski definition) is 6. The Kier molecular flexibility index (Phi) is 47.7. The molecule has 1 amide bonds. The van der Waals surface area contributed by atoms with Gasteiger partial charge >= 0.3 is 13.8 Å². The van der Waals surface area contributed by atoms with E-state index >= 15 is 0 Å². The van der Waals surface area contributed by atoms with Crippen LogP contribution in [0.2, 0.25) is 0 Å². The molecule has 0 heterocycles. The molecule has 69 heavy (non-hydrogen) atoms. The van der Waals surface area contributed by atoms with Gasteiger partial charge < -0.3 is 19.4 Å². The molecule has 9 nitrogen and oxygen atoms in total. The van der Waals surface area contributed by atoms with E-state index in [-0.39, 0.29) is 31.5 Å². The summed E-state index contributed by atoms with van der Waals surface area (Å²) in [5.74, 6) is -0.524. The minimum absolute atomic E-state index is 0.0355. The van der Waals surface area contributed by atoms with Crippen LogP contribution in [0.3, 0.4) is 0 Å². The van der Waals surface area contributed by atoms with E-state index in [9.17, 15) is 19.0 Å². The maximum absolute atomic E-state index is 13.5. The Labute approximate surface area is 426 Å². The largest absolute Gasteiger partial charge is 0.472 e. The summed E-state index contributed by atoms with van der Waals surface area (Å²) >= 11 is 0. The van der Waals surface area contributed by atoms with Crippen LogP contribution in [0.25, 0.3) is 0 Å². The molecule has 0 aromatic heterocycles. The highest BCUT2D eigenvalue weighted by Gasteiger charge is 2.30. The molecule has 0 rings (SSSR count). The van der Waals surface area contributed by atoms with Crippen molar-refractivity contribution >= 4 is 19.7 Å². The lowest BCUT2D eigenvalue weighted by Crippen LogP contribution is -2.47. The average molecular weight is 991 g/mol. The van der Waals surface area contributed by atoms with Crippen LogP contribution in [-0.2, 0) is 27.9 Å². The predicted molar refractivity (Wildman–Crippen MR) is 295 cm³/mol. The Morgan fingerprint density at radius 2 is 0.928 bits per heavy atom. The quantitative estimate of drug-likeness (QED) is 0.0205. The Morgan fingerprint density at radius 3 is 1.42 bits per heavy atom. The summed E-state index contributed by atoms with van der Waals surface area (Å²) in [6.07, 6.45) is 60.6. The van der Waals surface area contributed by atoms with Crippen LogP contribution in [0.5, 0.6) is 0 Å². The number of phosphoric ester groups is 1. The molecule has 0 aliphatic carbocycles. The number of allylic oxidation sites excluding steroid dienone is 9. The molecule has 3 unspecified atom stereocenters. The van der Waals surface area contributed by atoms with Crippen LogP contribution in [0.1, 0.15) is 252 Å². The second-order valence-corrected chi connectivity index (χ2v) is 21.9. The van der Waals surface area contributed by atoms with Crippen molar-refractivity contribution in [3.63, 3.8) is 0 Å². The summed E-state index contributed by atoms with van der Waals surface area (Å²) in [4.78, 5) is 37.6. The van der Waals surface area contributed by atoms with Gasteiger partial charge in [0.25, 0.3) is 0 Å². The highest BCUT2D eigenvalue weighted by atomic mass is 31.2. The molecule has 0 spiro atoms. The van der Waals surface area contributed by atoms with Crippen LogP contribution in [0.15, 0.2) is 60.8 Å². The van der Waals surface area contributed by atoms with Gasteiger partial charge in [-0.3, -0.25) is 18.6 Å². The standard InChI is InChI=1S/C59H109N2O7P/c1-7-10-13-16-19-22-25-28-30-32-33-36-39-42-45-48-51-58(62)60-56(55-67-69(64,65)66-54-53-61(4,5)6)57(50-47-44-41-38-35-27-24-21-18-15-12-9-3)68-59(63)52-49-46-43-40-37-34-31-29-26-23-20-17-14-11-8-2/h10,13,19,22-23,26,28,30,47,50,56-57H,7-9,11-12,14-18,20-21,24-25,27,29,31-46,48-49,51-55H2,1-6H3,(H-,60,62,64,65)/p+1/b13-10+,22-19+,26-23-,30-28+,50-47+. The molecule has 10 heteroatoms. The van der Waals surface area contributed by atoms with E-state index in [0.29, 0.717) is 17.4 Å². The number of quaternary nitrogens is 1. The third kappa shape index (κ3) is 50.4. The van der Waals surface area contributed by atoms with Crippen LogP contribution in [-0.4, -0.2) is 74.3 Å². The number of amides is 1. The first kappa shape index (κ1) is 66.7. The Morgan fingerprint density at radius 1 is 0.522 bits per heavy atom. The molecule has 0 bridgehead atoms. The SMILES string of the molecule is CC/C=C/C/C=C/C/C=C/CCCCCCCCC(=O)NC(COP(=O)(O)OCC[N+](C)(C)C)C(/C=C/CCCCCCCCCCCC)OC(=O)CCCCCCCCC/C=C\CCCCCC. The lowest BCUT2D eigenvalue weighted by Gasteiger charge is -2.27. The van der Waals surface area contributed by atoms with Gasteiger partial charge in [0.1, 0.15) is 19.3 Å². The number of carbonyl (C=O) groups excluding carboxylic acids is 2. The van der Waals surface area contributed by atoms with E-state index in [1.54, 1.807) is 0 Å². The van der Waals surface area contributed by atoms with Gasteiger partial charge in [-0.25, -0.2) is 4.57 Å². The Balaban J connectivity index is 5.38. The van der Waals surface area contributed by atoms with Gasteiger partial charge in [0.05, 0.1) is 33.8 Å². The first-order chi connectivity index (χ1) is 33.4. The molecule has 0 aliphatic rings. The van der Waals surface area contributed by atoms with Crippen molar-refractivity contribution in [1.29, 1.82) is 0 Å². The zero-order valence-electron chi connectivity index (χ0n) is 45.8. The van der Waals surface area contributed by atoms with Crippen LogP contribution in [0.4, 0.5) is 0 Å². The van der Waals surface area contributed by atoms with Crippen LogP contribution >= 0.6 is 7.82 Å². The van der Waals surface area contributed by atoms with Gasteiger partial charge in [0.15, 0.2) is 0 Å². The van der Waals surface area contributed by atoms with Gasteiger partial charge in [-0.05, 0) is 89.5 Å². The molecular formula is C59H110N2O7P+. The topological polar surface area (TPSA) is 111 Å². The number of rotatable bonds is 51. The van der Waals surface area contributed by atoms with Crippen molar-refractivity contribution in [1.82, 2.24) is 5.32 Å². The van der Waals surface area contributed by atoms with Gasteiger partial charge in [-0.2, -0.15) is 0 Å². The summed E-state index contributed by atoms with van der Waals surface area (Å²) in [5, 5.41) is 3.04. The van der Waals surface area contributed by atoms with Gasteiger partial charge in [0.2, 0.25) is 5.91 Å². The number of likely N-dealkylation sites (N-methyl/N-ethyl adjacent to an activating group) is 1. The molecule has 0 aromatic carbocycles. The Hall–Kier alpha value is -2.29. The van der Waals surface area contributed by atoms with E-state index < -0.39 is 20.0 Å². The summed E-state index contributed by atoms with van der Waals surface area (Å²) < 4.78 is 30.6. The second kappa shape index (κ2) is 49.3. The third-order valence-corrected chi connectivity index (χ3v) is 13.4. The summed E-state index contributed by atoms with van der Waals surface area (Å²) in [6, 6.07) is -0.856. The van der Waals surface area contributed by atoms with Crippen molar-refractivity contribution < 1.29 is 37.3 Å². The smallest absolute Gasteiger partial charge is 0.456 e. The Bertz CT molecular complexity index is 1370. The molecule has 0 radical (unpaired) electrons. The van der Waals surface area contributed by atoms with Gasteiger partial charge in [-0.15, -0.1) is 0 Å². The number of ether oxygens (including phenoxy) is 1. The van der Waals surface area contributed by atoms with E-state index in [2.05, 4.69) is 74.7 Å². The lowest BCUT2D eigenvalue weighted by molar-refractivity contribution is -0.870. The minimum atomic E-state index is -4.45. The van der Waals surface area contributed by atoms with E-state index in [4.69, 9.17) is 13.8 Å². The van der Waals surface area contributed by atoms with E-state index in [1.807, 2.05) is 33.3 Å². The average Bonchev–Trinajstić information content (AvgIpc) is 3.31. The summed E-state index contributed by atoms with van der Waals surface area (Å²) in [5.41, 5.74) is 0. The number of unbranched alkanes of at least 4 members (excludes halogenated alkanes) is 27. The molecule has 402 valence electrons. The van der Waals surface area contributed by atoms with Gasteiger partial charge in [-0.1, -0.05) is 210 Å². The molecule has 0 saturated carbocycles. The van der Waals surface area contributed by atoms with Gasteiger partial charge in [0, 0.05) is 12.8 Å². The molecule has 2 N–H and O–H groups in total. The number of esters is 1. The number of phosphoric acid groups is 1. The number of nitrogens with one attached hydrogen (secondary N) is 1. The highest BCUT2D eigenvalue weighted by molar-refractivity contribution is 7.47. The predicted octanol–water partition coefficient (Wildman–Crippen LogP) is 17.1. The summed E-state index contributed by atoms with van der Waals surface area (Å²) in [6.45, 7) is 6.87. The van der Waals surface area contributed by atoms with Crippen molar-refractivity contribution in [3.8, 4) is 0 Å². The van der Waals surface area contributed by atoms with Crippen molar-refractivity contribution in [3.05, 3.63) is 60.8 Å². The zero-order valence-corrected chi connectivity index (χ0v) is 46.7. The fourth-order valence-corrected chi connectivity index (χ4v) is 8.74. The lowest BCUT2D eigenvalue weighted by atomic mass is 10.0. The molecule has 3 atom stereocenters. The fourth-order valence-electron chi connectivity index (χ4n) is 8.01. The molecule has 0 saturated heterocycles. The van der Waals surface area contributed by atoms with Crippen molar-refractivity contribution in [2.75, 3.05) is 40.9 Å². The first-order valence-electron chi connectivity index (χ1n) is 28.6. The maximum Gasteiger partial charge on any atom is 0.472 e. The fraction of sp³-hybridized carbons (Fsp3) is 0.797. The van der Waals surface area contributed by atoms with Crippen LogP contribution < -0.4 is 5.32 Å². The summed E-state index contributed by atoms with van der Waals surface area (Å²) in [7, 11) is 1.48. The monoisotopic (exact) mass is 990 g/mol. The highest BCUT2D eigenvalue weighted by Crippen LogP contribution is 2.43. The number of hydrogen-bond donors (Lipinski definition) is 2. The number of nitrogens with zero attached hydrogens (tertiary/aromatic N) is 1. The number of carbonyl (C=O) groups is 2. The van der Waals surface area contributed by atoms with Crippen molar-refractivity contribution in [2.24, 2.45) is 0 Å². The first-order valence-corrected chi connectivity index (χ1v) is 30.1. The van der Waals surface area contributed by atoms with E-state index in [0.717, 1.165) is 103 Å². The van der Waals surface area contributed by atoms with E-state index in [1.165, 1.54) is 116 Å². The molecule has 0 aliphatic heterocycles. The minimum Gasteiger partial charge on any atom is -0.456 e. The second-order valence-electron chi connectivity index (χ2n) is 20.4. The molecular weight excluding hydrogens is 880 g/mol. The molecule has 0 aromatic rings. The zero-order chi connectivity index (χ0) is 50.8. The third-order valence-electron chi connectivity index (χ3n) is 12.4. The molecule has 0 fully saturated rings. The maximum atomic E-state index is 13.5.